The van der Waals surface area contributed by atoms with E-state index in [4.69, 9.17) is 0 Å². The van der Waals surface area contributed by atoms with Crippen LogP contribution in [0, 0.1) is 17.0 Å². The summed E-state index contributed by atoms with van der Waals surface area (Å²) >= 11 is 0. The molecule has 0 fully saturated rings. The number of non-ortho nitro benzene ring substituents is 1. The summed E-state index contributed by atoms with van der Waals surface area (Å²) in [5, 5.41) is 19.9. The molecule has 2 aromatic carbocycles. The summed E-state index contributed by atoms with van der Waals surface area (Å²) in [6.45, 7) is 1.98. The molecular weight excluding hydrogens is 422 g/mol. The van der Waals surface area contributed by atoms with Gasteiger partial charge in [-0.2, -0.15) is 0 Å². The molecule has 1 amide bonds. The minimum atomic E-state index is -0.539. The fraction of sp³-hybridized carbons (Fsp3) is 0.0435. The molecule has 0 saturated carbocycles. The van der Waals surface area contributed by atoms with Crippen molar-refractivity contribution < 1.29 is 9.72 Å². The fourth-order valence-corrected chi connectivity index (χ4v) is 2.98. The lowest BCUT2D eigenvalue weighted by molar-refractivity contribution is -0.384. The van der Waals surface area contributed by atoms with Crippen molar-refractivity contribution in [1.82, 2.24) is 15.0 Å². The van der Waals surface area contributed by atoms with Gasteiger partial charge < -0.3 is 16.0 Å². The number of carbonyl (C=O) groups excluding carboxylic acids is 1. The highest BCUT2D eigenvalue weighted by Gasteiger charge is 2.11. The zero-order valence-electron chi connectivity index (χ0n) is 17.5. The minimum absolute atomic E-state index is 0.140. The van der Waals surface area contributed by atoms with Crippen molar-refractivity contribution in [2.45, 2.75) is 6.92 Å². The fourth-order valence-electron chi connectivity index (χ4n) is 2.98. The van der Waals surface area contributed by atoms with Crippen LogP contribution in [-0.2, 0) is 0 Å². The average Bonchev–Trinajstić information content (AvgIpc) is 2.81. The molecule has 0 spiro atoms. The maximum absolute atomic E-state index is 12.4. The van der Waals surface area contributed by atoms with Crippen LogP contribution in [-0.4, -0.2) is 25.8 Å². The molecule has 3 N–H and O–H groups in total. The summed E-state index contributed by atoms with van der Waals surface area (Å²) in [5.41, 5.74) is 2.45. The quantitative estimate of drug-likeness (QED) is 0.274. The van der Waals surface area contributed by atoms with Gasteiger partial charge in [0.15, 0.2) is 0 Å². The SMILES string of the molecule is Cc1ccnc(Nc2cc(Nc3ccc(NC(=O)c4cccc([N+](=O)[O-])c4)cc3)ncn2)c1. The second kappa shape index (κ2) is 9.52. The first-order chi connectivity index (χ1) is 16.0. The monoisotopic (exact) mass is 441 g/mol. The van der Waals surface area contributed by atoms with Gasteiger partial charge in [-0.3, -0.25) is 14.9 Å². The molecule has 33 heavy (non-hydrogen) atoms. The summed E-state index contributed by atoms with van der Waals surface area (Å²) in [4.78, 5) is 35.4. The lowest BCUT2D eigenvalue weighted by Gasteiger charge is -2.10. The van der Waals surface area contributed by atoms with E-state index < -0.39 is 10.8 Å². The molecule has 0 aliphatic carbocycles. The number of benzene rings is 2. The van der Waals surface area contributed by atoms with E-state index in [1.54, 1.807) is 36.5 Å². The standard InChI is InChI=1S/C23H19N7O3/c1-15-9-10-24-20(11-15)29-22-13-21(25-14-26-22)27-17-5-7-18(8-6-17)28-23(31)16-3-2-4-19(12-16)30(32)33/h2-14H,1H3,(H,28,31)(H2,24,25,26,27,29). The molecule has 0 radical (unpaired) electrons. The van der Waals surface area contributed by atoms with E-state index in [1.807, 2.05) is 19.1 Å². The second-order valence-corrected chi connectivity index (χ2v) is 7.10. The molecule has 0 atom stereocenters. The van der Waals surface area contributed by atoms with Crippen molar-refractivity contribution in [3.8, 4) is 0 Å². The summed E-state index contributed by atoms with van der Waals surface area (Å²) in [7, 11) is 0. The number of nitrogens with one attached hydrogen (secondary N) is 3. The number of carbonyl (C=O) groups is 1. The summed E-state index contributed by atoms with van der Waals surface area (Å²) in [6, 6.07) is 18.1. The highest BCUT2D eigenvalue weighted by Crippen LogP contribution is 2.21. The topological polar surface area (TPSA) is 135 Å². The number of nitrogens with zero attached hydrogens (tertiary/aromatic N) is 4. The molecule has 0 unspecified atom stereocenters. The Morgan fingerprint density at radius 2 is 1.55 bits per heavy atom. The normalized spacial score (nSPS) is 10.3. The van der Waals surface area contributed by atoms with Gasteiger partial charge >= 0.3 is 0 Å². The number of aryl methyl sites for hydroxylation is 1. The van der Waals surface area contributed by atoms with Crippen molar-refractivity contribution >= 4 is 40.4 Å². The third-order valence-electron chi connectivity index (χ3n) is 4.57. The molecular formula is C23H19N7O3. The van der Waals surface area contributed by atoms with Crippen molar-refractivity contribution in [2.24, 2.45) is 0 Å². The van der Waals surface area contributed by atoms with Crippen LogP contribution in [0.3, 0.4) is 0 Å². The average molecular weight is 441 g/mol. The molecule has 0 saturated heterocycles. The molecule has 2 heterocycles. The number of rotatable bonds is 7. The molecule has 2 aromatic heterocycles. The number of nitro groups is 1. The van der Waals surface area contributed by atoms with Gasteiger partial charge in [-0.1, -0.05) is 6.07 Å². The summed E-state index contributed by atoms with van der Waals surface area (Å²) < 4.78 is 0. The van der Waals surface area contributed by atoms with Crippen LogP contribution in [0.4, 0.5) is 34.5 Å². The van der Waals surface area contributed by atoms with Gasteiger partial charge in [0, 0.05) is 41.3 Å². The van der Waals surface area contributed by atoms with E-state index in [1.165, 1.54) is 30.6 Å². The Balaban J connectivity index is 1.40. The highest BCUT2D eigenvalue weighted by molar-refractivity contribution is 6.04. The van der Waals surface area contributed by atoms with Crippen LogP contribution in [0.1, 0.15) is 15.9 Å². The van der Waals surface area contributed by atoms with Gasteiger partial charge in [0.1, 0.15) is 23.8 Å². The van der Waals surface area contributed by atoms with Crippen LogP contribution in [0.5, 0.6) is 0 Å². The number of anilines is 5. The Labute approximate surface area is 188 Å². The number of pyridine rings is 1. The number of hydrogen-bond donors (Lipinski definition) is 3. The van der Waals surface area contributed by atoms with Crippen LogP contribution in [0.25, 0.3) is 0 Å². The van der Waals surface area contributed by atoms with Crippen LogP contribution >= 0.6 is 0 Å². The first kappa shape index (κ1) is 21.4. The number of nitro benzene ring substituents is 1. The van der Waals surface area contributed by atoms with Gasteiger partial charge in [-0.15, -0.1) is 0 Å². The molecule has 164 valence electrons. The molecule has 0 aliphatic heterocycles. The molecule has 10 heteroatoms. The zero-order chi connectivity index (χ0) is 23.2. The van der Waals surface area contributed by atoms with Gasteiger partial charge in [0.05, 0.1) is 4.92 Å². The lowest BCUT2D eigenvalue weighted by Crippen LogP contribution is -2.12. The van der Waals surface area contributed by atoms with Crippen LogP contribution in [0.15, 0.2) is 79.3 Å². The maximum atomic E-state index is 12.4. The molecule has 0 bridgehead atoms. The third kappa shape index (κ3) is 5.64. The minimum Gasteiger partial charge on any atom is -0.340 e. The van der Waals surface area contributed by atoms with Crippen molar-refractivity contribution in [3.63, 3.8) is 0 Å². The smallest absolute Gasteiger partial charge is 0.270 e. The van der Waals surface area contributed by atoms with Gasteiger partial charge in [-0.05, 0) is 55.0 Å². The predicted octanol–water partition coefficient (Wildman–Crippen LogP) is 4.83. The summed E-state index contributed by atoms with van der Waals surface area (Å²) in [6.07, 6.45) is 3.16. The van der Waals surface area contributed by atoms with Crippen molar-refractivity contribution in [3.05, 3.63) is 100 Å². The summed E-state index contributed by atoms with van der Waals surface area (Å²) in [5.74, 6) is 1.42. The molecule has 4 rings (SSSR count). The van der Waals surface area contributed by atoms with Crippen LogP contribution in [0.2, 0.25) is 0 Å². The third-order valence-corrected chi connectivity index (χ3v) is 4.57. The Bertz CT molecular complexity index is 1310. The largest absolute Gasteiger partial charge is 0.340 e. The highest BCUT2D eigenvalue weighted by atomic mass is 16.6. The van der Waals surface area contributed by atoms with Crippen molar-refractivity contribution in [1.29, 1.82) is 0 Å². The van der Waals surface area contributed by atoms with E-state index >= 15 is 0 Å². The van der Waals surface area contributed by atoms with Gasteiger partial charge in [-0.25, -0.2) is 15.0 Å². The molecule has 10 nitrogen and oxygen atoms in total. The van der Waals surface area contributed by atoms with Crippen LogP contribution < -0.4 is 16.0 Å². The second-order valence-electron chi connectivity index (χ2n) is 7.10. The van der Waals surface area contributed by atoms with E-state index in [-0.39, 0.29) is 11.3 Å². The first-order valence-corrected chi connectivity index (χ1v) is 9.91. The Hall–Kier alpha value is -4.86. The Morgan fingerprint density at radius 1 is 0.848 bits per heavy atom. The first-order valence-electron chi connectivity index (χ1n) is 9.91. The Morgan fingerprint density at radius 3 is 2.27 bits per heavy atom. The number of aromatic nitrogens is 3. The number of hydrogen-bond acceptors (Lipinski definition) is 8. The molecule has 4 aromatic rings. The van der Waals surface area contributed by atoms with E-state index in [0.29, 0.717) is 23.1 Å². The number of amides is 1. The Kier molecular flexibility index (Phi) is 6.17. The lowest BCUT2D eigenvalue weighted by atomic mass is 10.2. The van der Waals surface area contributed by atoms with E-state index in [9.17, 15) is 14.9 Å². The zero-order valence-corrected chi connectivity index (χ0v) is 17.5. The predicted molar refractivity (Wildman–Crippen MR) is 125 cm³/mol. The van der Waals surface area contributed by atoms with Gasteiger partial charge in [0.25, 0.3) is 11.6 Å². The molecule has 0 aliphatic rings. The maximum Gasteiger partial charge on any atom is 0.270 e. The van der Waals surface area contributed by atoms with Crippen molar-refractivity contribution in [2.75, 3.05) is 16.0 Å². The van der Waals surface area contributed by atoms with E-state index in [2.05, 4.69) is 30.9 Å². The van der Waals surface area contributed by atoms with Gasteiger partial charge in [0.2, 0.25) is 0 Å². The van der Waals surface area contributed by atoms with E-state index in [0.717, 1.165) is 11.3 Å².